The van der Waals surface area contributed by atoms with Crippen LogP contribution in [-0.2, 0) is 10.4 Å². The average Bonchev–Trinajstić information content (AvgIpc) is 3.25. The number of hydrogen-bond acceptors (Lipinski definition) is 2. The molecule has 12 radical (unpaired) electrons. The maximum absolute atomic E-state index is 6.40. The number of furan rings is 1. The van der Waals surface area contributed by atoms with Crippen LogP contribution in [0.5, 0.6) is 0 Å². The van der Waals surface area contributed by atoms with Gasteiger partial charge in [0.15, 0.2) is 0 Å². The summed E-state index contributed by atoms with van der Waals surface area (Å²) in [7, 11) is 37.9. The molecule has 0 saturated heterocycles. The first-order chi connectivity index (χ1) is 16.5. The predicted octanol–water partition coefficient (Wildman–Crippen LogP) is 4.07. The normalized spacial score (nSPS) is 17.5. The van der Waals surface area contributed by atoms with Crippen LogP contribution in [0.3, 0.4) is 0 Å². The summed E-state index contributed by atoms with van der Waals surface area (Å²) in [5, 5.41) is -2.96. The highest BCUT2D eigenvalue weighted by atomic mass is 16.3. The van der Waals surface area contributed by atoms with E-state index in [0.717, 1.165) is 49.9 Å². The standard InChI is InChI=1S/C27H15B6NO/c1-14-10-17(15-5-7-20-21(13-15)26(30,31)27(32,33)25(20,28)29)24-19(11-14)18-12-16(6-8-23(18)35-24)22-4-2-3-9-34-22/h2-13H,1H3. The number of nitrogens with zero attached hydrogens (tertiary/aromatic N) is 1. The van der Waals surface area contributed by atoms with Gasteiger partial charge in [0.25, 0.3) is 0 Å². The van der Waals surface area contributed by atoms with Crippen molar-refractivity contribution < 1.29 is 4.42 Å². The molecule has 1 aliphatic carbocycles. The molecule has 8 heteroatoms. The number of hydrogen-bond donors (Lipinski definition) is 0. The molecule has 0 spiro atoms. The summed E-state index contributed by atoms with van der Waals surface area (Å²) in [4.78, 5) is 4.48. The highest BCUT2D eigenvalue weighted by molar-refractivity contribution is 6.63. The van der Waals surface area contributed by atoms with Gasteiger partial charge in [-0.05, 0) is 60.5 Å². The van der Waals surface area contributed by atoms with E-state index >= 15 is 0 Å². The van der Waals surface area contributed by atoms with Crippen LogP contribution in [0.2, 0.25) is 5.21 Å². The van der Waals surface area contributed by atoms with Crippen molar-refractivity contribution in [1.29, 1.82) is 0 Å². The Morgan fingerprint density at radius 1 is 0.714 bits per heavy atom. The molecule has 0 saturated carbocycles. The summed E-state index contributed by atoms with van der Waals surface area (Å²) in [5.41, 5.74) is 7.28. The lowest BCUT2D eigenvalue weighted by Gasteiger charge is -2.48. The van der Waals surface area contributed by atoms with Crippen molar-refractivity contribution in [1.82, 2.24) is 4.98 Å². The summed E-state index contributed by atoms with van der Waals surface area (Å²) in [6, 6.07) is 21.7. The van der Waals surface area contributed by atoms with E-state index in [1.165, 1.54) is 0 Å². The van der Waals surface area contributed by atoms with Crippen LogP contribution >= 0.6 is 0 Å². The third-order valence-electron chi connectivity index (χ3n) is 7.27. The van der Waals surface area contributed by atoms with Crippen molar-refractivity contribution in [3.63, 3.8) is 0 Å². The third-order valence-corrected chi connectivity index (χ3v) is 7.27. The molecule has 0 amide bonds. The van der Waals surface area contributed by atoms with Gasteiger partial charge in [-0.1, -0.05) is 45.8 Å². The fourth-order valence-corrected chi connectivity index (χ4v) is 5.13. The number of benzene rings is 3. The molecule has 2 heterocycles. The maximum atomic E-state index is 6.40. The molecule has 1 aliphatic rings. The van der Waals surface area contributed by atoms with Gasteiger partial charge >= 0.3 is 0 Å². The molecule has 5 aromatic rings. The van der Waals surface area contributed by atoms with Gasteiger partial charge < -0.3 is 4.42 Å². The van der Waals surface area contributed by atoms with Gasteiger partial charge in [0, 0.05) is 28.1 Å². The lowest BCUT2D eigenvalue weighted by molar-refractivity contribution is 0.666. The molecule has 0 atom stereocenters. The minimum Gasteiger partial charge on any atom is -0.455 e. The van der Waals surface area contributed by atoms with Crippen molar-refractivity contribution in [3.8, 4) is 22.4 Å². The highest BCUT2D eigenvalue weighted by Gasteiger charge is 2.53. The van der Waals surface area contributed by atoms with Crippen LogP contribution in [0.4, 0.5) is 0 Å². The molecule has 3 aromatic carbocycles. The van der Waals surface area contributed by atoms with Crippen molar-refractivity contribution in [2.75, 3.05) is 0 Å². The van der Waals surface area contributed by atoms with Gasteiger partial charge in [-0.25, -0.2) is 0 Å². The van der Waals surface area contributed by atoms with Crippen molar-refractivity contribution in [3.05, 3.63) is 89.6 Å². The van der Waals surface area contributed by atoms with Gasteiger partial charge in [-0.2, -0.15) is 0 Å². The molecule has 152 valence electrons. The molecule has 0 aliphatic heterocycles. The number of fused-ring (bicyclic) bond motifs is 4. The van der Waals surface area contributed by atoms with Crippen LogP contribution < -0.4 is 0 Å². The summed E-state index contributed by atoms with van der Waals surface area (Å²) < 4.78 is 6.36. The van der Waals surface area contributed by atoms with Gasteiger partial charge in [0.05, 0.1) is 52.8 Å². The van der Waals surface area contributed by atoms with E-state index in [9.17, 15) is 0 Å². The van der Waals surface area contributed by atoms with Crippen LogP contribution in [0.1, 0.15) is 16.7 Å². The quantitative estimate of drug-likeness (QED) is 0.392. The zero-order valence-electron chi connectivity index (χ0n) is 19.2. The second-order valence-corrected chi connectivity index (χ2v) is 9.58. The molecular weight excluding hydrogens is 419 g/mol. The van der Waals surface area contributed by atoms with E-state index in [2.05, 4.69) is 23.2 Å². The van der Waals surface area contributed by atoms with Crippen LogP contribution in [0.25, 0.3) is 44.3 Å². The Morgan fingerprint density at radius 2 is 1.46 bits per heavy atom. The smallest absolute Gasteiger partial charge is 0.143 e. The first kappa shape index (κ1) is 22.5. The Labute approximate surface area is 212 Å². The number of aromatic nitrogens is 1. The monoisotopic (exact) mass is 435 g/mol. The summed E-state index contributed by atoms with van der Waals surface area (Å²) in [5.74, 6) is 0. The molecule has 6 rings (SSSR count). The SMILES string of the molecule is [B]C1([B])c2ccc(-c3cc(C)cc4c3oc3ccc(-c5ccccn5)cc34)cc2C([B])([B])C1([B])[B]. The summed E-state index contributed by atoms with van der Waals surface area (Å²) in [6.45, 7) is 2.05. The largest absolute Gasteiger partial charge is 0.455 e. The molecule has 0 unspecified atom stereocenters. The van der Waals surface area contributed by atoms with E-state index < -0.39 is 15.6 Å². The first-order valence-corrected chi connectivity index (χ1v) is 11.3. The fourth-order valence-electron chi connectivity index (χ4n) is 5.13. The lowest BCUT2D eigenvalue weighted by atomic mass is 9.20. The second-order valence-electron chi connectivity index (χ2n) is 9.58. The van der Waals surface area contributed by atoms with Gasteiger partial charge in [-0.15, -0.1) is 5.21 Å². The maximum Gasteiger partial charge on any atom is 0.143 e. The predicted molar refractivity (Wildman–Crippen MR) is 148 cm³/mol. The molecule has 0 fully saturated rings. The Hall–Kier alpha value is -3.00. The number of aryl methyl sites for hydroxylation is 1. The minimum atomic E-state index is -1.75. The van der Waals surface area contributed by atoms with Crippen molar-refractivity contribution in [2.45, 2.75) is 22.6 Å². The number of rotatable bonds is 2. The molecule has 0 N–H and O–H groups in total. The fraction of sp³-hybridized carbons (Fsp3) is 0.148. The highest BCUT2D eigenvalue weighted by Crippen LogP contribution is 2.58. The number of pyridine rings is 1. The lowest BCUT2D eigenvalue weighted by Crippen LogP contribution is -2.49. The minimum absolute atomic E-state index is 0.508. The Morgan fingerprint density at radius 3 is 2.20 bits per heavy atom. The Bertz CT molecular complexity index is 1640. The van der Waals surface area contributed by atoms with Crippen molar-refractivity contribution >= 4 is 69.0 Å². The van der Waals surface area contributed by atoms with E-state index in [4.69, 9.17) is 51.5 Å². The van der Waals surface area contributed by atoms with Gasteiger partial charge in [0.2, 0.25) is 0 Å². The Balaban J connectivity index is 1.58. The van der Waals surface area contributed by atoms with Crippen LogP contribution in [0.15, 0.2) is 77.3 Å². The third kappa shape index (κ3) is 3.01. The van der Waals surface area contributed by atoms with Crippen LogP contribution in [0, 0.1) is 6.92 Å². The zero-order valence-corrected chi connectivity index (χ0v) is 19.2. The molecule has 0 bridgehead atoms. The van der Waals surface area contributed by atoms with E-state index in [1.807, 2.05) is 49.4 Å². The van der Waals surface area contributed by atoms with Crippen molar-refractivity contribution in [2.24, 2.45) is 0 Å². The van der Waals surface area contributed by atoms with E-state index in [0.29, 0.717) is 11.1 Å². The van der Waals surface area contributed by atoms with Gasteiger partial charge in [0.1, 0.15) is 11.2 Å². The van der Waals surface area contributed by atoms with Gasteiger partial charge in [-0.3, -0.25) is 4.98 Å². The molecule has 35 heavy (non-hydrogen) atoms. The average molecular weight is 434 g/mol. The molecule has 2 nitrogen and oxygen atoms in total. The van der Waals surface area contributed by atoms with E-state index in [1.54, 1.807) is 12.3 Å². The molecule has 2 aromatic heterocycles. The topological polar surface area (TPSA) is 26.0 Å². The summed E-state index contributed by atoms with van der Waals surface area (Å²) >= 11 is 0. The summed E-state index contributed by atoms with van der Waals surface area (Å²) in [6.07, 6.45) is 1.78. The molecular formula is C27H15B6NO. The van der Waals surface area contributed by atoms with E-state index in [-0.39, 0.29) is 0 Å². The Kier molecular flexibility index (Phi) is 4.66. The first-order valence-electron chi connectivity index (χ1n) is 11.3. The zero-order chi connectivity index (χ0) is 24.8. The second kappa shape index (κ2) is 7.26. The van der Waals surface area contributed by atoms with Crippen LogP contribution in [-0.4, -0.2) is 52.1 Å².